The number of benzene rings is 2. The molecule has 1 saturated heterocycles. The van der Waals surface area contributed by atoms with E-state index in [4.69, 9.17) is 5.26 Å². The molecule has 0 radical (unpaired) electrons. The van der Waals surface area contributed by atoms with Gasteiger partial charge in [0.05, 0.1) is 42.3 Å². The number of anilines is 2. The highest BCUT2D eigenvalue weighted by Gasteiger charge is 2.48. The molecule has 11 nitrogen and oxygen atoms in total. The molecule has 1 spiro atoms. The summed E-state index contributed by atoms with van der Waals surface area (Å²) >= 11 is 0. The summed E-state index contributed by atoms with van der Waals surface area (Å²) in [6, 6.07) is 15.0. The van der Waals surface area contributed by atoms with Crippen LogP contribution in [0.3, 0.4) is 0 Å². The Balaban J connectivity index is 1.30. The molecule has 2 aromatic heterocycles. The SMILES string of the molecule is Cn1cnnc1-c1ccc(C#N)cc1-c1cc(NCC(O)CC#N)nc(N2Cc3c(cc(CN4CCC5(CC5)C4)cc3C(F)(F)F)C2=O)c1. The van der Waals surface area contributed by atoms with Crippen molar-refractivity contribution in [1.82, 2.24) is 24.6 Å². The Labute approximate surface area is 280 Å². The predicted octanol–water partition coefficient (Wildman–Crippen LogP) is 5.27. The number of hydrogen-bond donors (Lipinski definition) is 2. The molecule has 3 aliphatic rings. The van der Waals surface area contributed by atoms with Gasteiger partial charge in [0.1, 0.15) is 18.0 Å². The Kier molecular flexibility index (Phi) is 8.09. The zero-order chi connectivity index (χ0) is 34.5. The number of amides is 1. The van der Waals surface area contributed by atoms with Gasteiger partial charge in [0.25, 0.3) is 5.91 Å². The zero-order valence-corrected chi connectivity index (χ0v) is 26.6. The number of hydrogen-bond acceptors (Lipinski definition) is 9. The quantitative estimate of drug-likeness (QED) is 0.244. The minimum atomic E-state index is -4.68. The summed E-state index contributed by atoms with van der Waals surface area (Å²) in [5.74, 6) is 0.169. The monoisotopic (exact) mass is 667 g/mol. The Bertz CT molecular complexity index is 2040. The van der Waals surface area contributed by atoms with Crippen LogP contribution in [0.25, 0.3) is 22.5 Å². The highest BCUT2D eigenvalue weighted by molar-refractivity contribution is 6.10. The van der Waals surface area contributed by atoms with Crippen LogP contribution < -0.4 is 10.2 Å². The van der Waals surface area contributed by atoms with Crippen LogP contribution in [0.5, 0.6) is 0 Å². The van der Waals surface area contributed by atoms with Gasteiger partial charge in [0, 0.05) is 37.8 Å². The second-order valence-corrected chi connectivity index (χ2v) is 13.2. The van der Waals surface area contributed by atoms with Crippen molar-refractivity contribution in [1.29, 1.82) is 10.5 Å². The number of rotatable bonds is 9. The second-order valence-electron chi connectivity index (χ2n) is 13.2. The van der Waals surface area contributed by atoms with Gasteiger partial charge in [-0.15, -0.1) is 10.2 Å². The third-order valence-electron chi connectivity index (χ3n) is 9.63. The first-order valence-electron chi connectivity index (χ1n) is 15.9. The Morgan fingerprint density at radius 1 is 1.08 bits per heavy atom. The van der Waals surface area contributed by atoms with Crippen LogP contribution in [0.15, 0.2) is 48.8 Å². The molecule has 2 fully saturated rings. The van der Waals surface area contributed by atoms with Gasteiger partial charge < -0.3 is 15.0 Å². The van der Waals surface area contributed by atoms with Crippen molar-refractivity contribution in [2.45, 2.75) is 51.1 Å². The lowest BCUT2D eigenvalue weighted by Crippen LogP contribution is -2.25. The van der Waals surface area contributed by atoms with Crippen molar-refractivity contribution in [3.8, 4) is 34.7 Å². The van der Waals surface area contributed by atoms with Crippen LogP contribution >= 0.6 is 0 Å². The Morgan fingerprint density at radius 2 is 1.90 bits per heavy atom. The lowest BCUT2D eigenvalue weighted by Gasteiger charge is -2.20. The van der Waals surface area contributed by atoms with Crippen molar-refractivity contribution in [3.05, 3.63) is 76.6 Å². The van der Waals surface area contributed by atoms with E-state index in [0.29, 0.717) is 45.6 Å². The maximum Gasteiger partial charge on any atom is 0.416 e. The van der Waals surface area contributed by atoms with Gasteiger partial charge in [-0.3, -0.25) is 14.6 Å². The third kappa shape index (κ3) is 6.33. The molecule has 250 valence electrons. The number of fused-ring (bicyclic) bond motifs is 1. The lowest BCUT2D eigenvalue weighted by atomic mass is 9.97. The van der Waals surface area contributed by atoms with E-state index in [-0.39, 0.29) is 42.3 Å². The van der Waals surface area contributed by atoms with E-state index in [9.17, 15) is 28.3 Å². The number of nitrogens with zero attached hydrogens (tertiary/aromatic N) is 8. The zero-order valence-electron chi connectivity index (χ0n) is 26.6. The van der Waals surface area contributed by atoms with Crippen LogP contribution in [0.2, 0.25) is 0 Å². The molecule has 1 unspecified atom stereocenters. The molecule has 4 heterocycles. The smallest absolute Gasteiger partial charge is 0.390 e. The molecule has 1 aliphatic carbocycles. The first kappa shape index (κ1) is 32.2. The molecule has 2 aliphatic heterocycles. The number of nitriles is 2. The highest BCUT2D eigenvalue weighted by Crippen LogP contribution is 2.53. The number of halogens is 3. The minimum absolute atomic E-state index is 0.0115. The van der Waals surface area contributed by atoms with E-state index in [1.54, 1.807) is 48.0 Å². The Hall–Kier alpha value is -5.31. The fourth-order valence-electron chi connectivity index (χ4n) is 6.88. The van der Waals surface area contributed by atoms with E-state index in [2.05, 4.69) is 31.5 Å². The maximum atomic E-state index is 14.5. The standard InChI is InChI=1S/C35H32F3N9O2/c1-45-20-42-44-32(45)25-3-2-21(15-40)10-26(25)23-13-30(41-16-24(48)4-8-39)43-31(14-23)47-18-28-27(33(47)49)11-22(12-29(28)35(36,37)38)17-46-9-7-34(19-46)5-6-34/h2-3,10-14,20,24,48H,4-7,9,16-19H2,1H3,(H,41,43). The number of aliphatic hydroxyl groups is 1. The topological polar surface area (TPSA) is 147 Å². The van der Waals surface area contributed by atoms with Gasteiger partial charge in [0.2, 0.25) is 0 Å². The molecule has 1 atom stereocenters. The van der Waals surface area contributed by atoms with E-state index < -0.39 is 23.8 Å². The molecule has 2 N–H and O–H groups in total. The van der Waals surface area contributed by atoms with Crippen LogP contribution in [0.4, 0.5) is 24.8 Å². The predicted molar refractivity (Wildman–Crippen MR) is 173 cm³/mol. The average Bonchev–Trinajstić information content (AvgIpc) is 3.33. The maximum absolute atomic E-state index is 14.5. The average molecular weight is 668 g/mol. The summed E-state index contributed by atoms with van der Waals surface area (Å²) in [5, 5.41) is 40.1. The van der Waals surface area contributed by atoms with Crippen LogP contribution in [-0.4, -0.2) is 61.4 Å². The molecular weight excluding hydrogens is 635 g/mol. The Morgan fingerprint density at radius 3 is 2.57 bits per heavy atom. The van der Waals surface area contributed by atoms with Gasteiger partial charge in [0.15, 0.2) is 5.82 Å². The van der Waals surface area contributed by atoms with Gasteiger partial charge in [-0.25, -0.2) is 4.98 Å². The fourth-order valence-corrected chi connectivity index (χ4v) is 6.88. The second kappa shape index (κ2) is 12.3. The van der Waals surface area contributed by atoms with Gasteiger partial charge in [-0.2, -0.15) is 23.7 Å². The summed E-state index contributed by atoms with van der Waals surface area (Å²) in [5.41, 5.74) is 1.77. The summed E-state index contributed by atoms with van der Waals surface area (Å²) in [7, 11) is 1.76. The molecule has 2 aromatic carbocycles. The molecule has 1 amide bonds. The largest absolute Gasteiger partial charge is 0.416 e. The first-order valence-corrected chi connectivity index (χ1v) is 15.9. The molecule has 0 bridgehead atoms. The highest BCUT2D eigenvalue weighted by atomic mass is 19.4. The number of nitrogens with one attached hydrogen (secondary N) is 1. The van der Waals surface area contributed by atoms with Crippen molar-refractivity contribution < 1.29 is 23.1 Å². The fraction of sp³-hybridized carbons (Fsp3) is 0.371. The van der Waals surface area contributed by atoms with Crippen molar-refractivity contribution in [3.63, 3.8) is 0 Å². The number of aliphatic hydroxyl groups excluding tert-OH is 1. The molecule has 49 heavy (non-hydrogen) atoms. The van der Waals surface area contributed by atoms with E-state index >= 15 is 0 Å². The first-order chi connectivity index (χ1) is 23.5. The summed E-state index contributed by atoms with van der Waals surface area (Å²) in [6.07, 6.45) is -0.975. The van der Waals surface area contributed by atoms with Gasteiger partial charge in [-0.1, -0.05) is 0 Å². The van der Waals surface area contributed by atoms with Crippen LogP contribution in [0, 0.1) is 28.1 Å². The summed E-state index contributed by atoms with van der Waals surface area (Å²) in [6.45, 7) is 1.60. The number of carbonyl (C=O) groups is 1. The number of likely N-dealkylation sites (tertiary alicyclic amines) is 1. The van der Waals surface area contributed by atoms with Crippen molar-refractivity contribution >= 4 is 17.5 Å². The number of aryl methyl sites for hydroxylation is 1. The van der Waals surface area contributed by atoms with Gasteiger partial charge >= 0.3 is 6.18 Å². The normalized spacial score (nSPS) is 17.2. The molecule has 7 rings (SSSR count). The van der Waals surface area contributed by atoms with E-state index in [1.807, 2.05) is 6.07 Å². The molecular formula is C35H32F3N9O2. The number of aromatic nitrogens is 4. The van der Waals surface area contributed by atoms with Crippen molar-refractivity contribution in [2.75, 3.05) is 29.9 Å². The number of pyridine rings is 1. The van der Waals surface area contributed by atoms with Crippen LogP contribution in [-0.2, 0) is 26.3 Å². The van der Waals surface area contributed by atoms with E-state index in [1.165, 1.54) is 17.3 Å². The van der Waals surface area contributed by atoms with Crippen molar-refractivity contribution in [2.24, 2.45) is 12.5 Å². The molecule has 4 aromatic rings. The summed E-state index contributed by atoms with van der Waals surface area (Å²) < 4.78 is 45.3. The van der Waals surface area contributed by atoms with E-state index in [0.717, 1.165) is 32.4 Å². The molecule has 14 heteroatoms. The summed E-state index contributed by atoms with van der Waals surface area (Å²) in [4.78, 5) is 22.0. The minimum Gasteiger partial charge on any atom is -0.390 e. The number of alkyl halides is 3. The van der Waals surface area contributed by atoms with Crippen LogP contribution in [0.1, 0.15) is 58.3 Å². The third-order valence-corrected chi connectivity index (χ3v) is 9.63. The molecule has 1 saturated carbocycles. The van der Waals surface area contributed by atoms with Gasteiger partial charge in [-0.05, 0) is 95.9 Å². The number of carbonyl (C=O) groups excluding carboxylic acids is 1. The lowest BCUT2D eigenvalue weighted by molar-refractivity contribution is -0.138.